The van der Waals surface area contributed by atoms with Gasteiger partial charge in [0, 0.05) is 19.1 Å². The van der Waals surface area contributed by atoms with Gasteiger partial charge in [0.1, 0.15) is 17.7 Å². The molecule has 0 aliphatic carbocycles. The number of nitrogens with one attached hydrogen (secondary N) is 1. The van der Waals surface area contributed by atoms with Crippen molar-refractivity contribution < 1.29 is 9.18 Å². The summed E-state index contributed by atoms with van der Waals surface area (Å²) in [5, 5.41) is 12.0. The number of hydrogen-bond acceptors (Lipinski definition) is 5. The molecule has 0 unspecified atom stereocenters. The van der Waals surface area contributed by atoms with E-state index >= 15 is 0 Å². The molecule has 1 aromatic carbocycles. The highest BCUT2D eigenvalue weighted by Crippen LogP contribution is 2.18. The van der Waals surface area contributed by atoms with E-state index < -0.39 is 5.82 Å². The minimum Gasteiger partial charge on any atom is -0.366 e. The molecule has 0 bridgehead atoms. The smallest absolute Gasteiger partial charge is 0.256 e. The van der Waals surface area contributed by atoms with Crippen molar-refractivity contribution in [2.24, 2.45) is 0 Å². The normalized spacial score (nSPS) is 14.9. The van der Waals surface area contributed by atoms with E-state index in [1.54, 1.807) is 17.0 Å². The van der Waals surface area contributed by atoms with E-state index in [0.717, 1.165) is 12.8 Å². The molecule has 3 rings (SSSR count). The van der Waals surface area contributed by atoms with E-state index in [4.69, 9.17) is 5.26 Å². The first-order valence-corrected chi connectivity index (χ1v) is 7.70. The second-order valence-electron chi connectivity index (χ2n) is 5.59. The number of amides is 1. The van der Waals surface area contributed by atoms with Crippen molar-refractivity contribution in [3.8, 4) is 6.07 Å². The first-order chi connectivity index (χ1) is 11.7. The lowest BCUT2D eigenvalue weighted by Gasteiger charge is -2.32. The molecule has 122 valence electrons. The van der Waals surface area contributed by atoms with Gasteiger partial charge in [-0.25, -0.2) is 14.4 Å². The van der Waals surface area contributed by atoms with Crippen molar-refractivity contribution in [1.82, 2.24) is 14.9 Å². The Morgan fingerprint density at radius 2 is 2.00 bits per heavy atom. The fraction of sp³-hybridized carbons (Fsp3) is 0.294. The number of likely N-dealkylation sites (tertiary alicyclic amines) is 1. The average Bonchev–Trinajstić information content (AvgIpc) is 2.63. The zero-order valence-electron chi connectivity index (χ0n) is 12.9. The highest BCUT2D eigenvalue weighted by atomic mass is 19.1. The molecule has 0 atom stereocenters. The fourth-order valence-corrected chi connectivity index (χ4v) is 2.70. The number of hydrogen-bond donors (Lipinski definition) is 1. The largest absolute Gasteiger partial charge is 0.366 e. The number of nitriles is 1. The Morgan fingerprint density at radius 3 is 2.62 bits per heavy atom. The molecule has 24 heavy (non-hydrogen) atoms. The highest BCUT2D eigenvalue weighted by molar-refractivity contribution is 5.94. The Morgan fingerprint density at radius 1 is 1.25 bits per heavy atom. The first kappa shape index (κ1) is 15.9. The number of benzene rings is 1. The van der Waals surface area contributed by atoms with Crippen LogP contribution in [0.5, 0.6) is 0 Å². The summed E-state index contributed by atoms with van der Waals surface area (Å²) in [6.45, 7) is 1.10. The van der Waals surface area contributed by atoms with Gasteiger partial charge in [-0.1, -0.05) is 12.1 Å². The van der Waals surface area contributed by atoms with Crippen LogP contribution in [-0.4, -0.2) is 39.9 Å². The molecule has 2 heterocycles. The zero-order valence-corrected chi connectivity index (χ0v) is 12.9. The third kappa shape index (κ3) is 3.49. The van der Waals surface area contributed by atoms with Crippen molar-refractivity contribution in [3.63, 3.8) is 0 Å². The van der Waals surface area contributed by atoms with E-state index in [9.17, 15) is 9.18 Å². The van der Waals surface area contributed by atoms with E-state index in [1.807, 2.05) is 6.07 Å². The third-order valence-electron chi connectivity index (χ3n) is 4.00. The van der Waals surface area contributed by atoms with Crippen LogP contribution in [0.2, 0.25) is 0 Å². The molecular weight excluding hydrogens is 309 g/mol. The number of nitrogens with zero attached hydrogens (tertiary/aromatic N) is 4. The van der Waals surface area contributed by atoms with Crippen LogP contribution in [0.3, 0.4) is 0 Å². The van der Waals surface area contributed by atoms with Gasteiger partial charge in [0.25, 0.3) is 5.91 Å². The molecule has 1 aliphatic rings. The van der Waals surface area contributed by atoms with Crippen molar-refractivity contribution in [1.29, 1.82) is 5.26 Å². The lowest BCUT2D eigenvalue weighted by molar-refractivity contribution is 0.0713. The van der Waals surface area contributed by atoms with Gasteiger partial charge >= 0.3 is 0 Å². The summed E-state index contributed by atoms with van der Waals surface area (Å²) < 4.78 is 13.7. The molecule has 0 radical (unpaired) electrons. The molecule has 0 spiro atoms. The summed E-state index contributed by atoms with van der Waals surface area (Å²) in [4.78, 5) is 22.1. The Labute approximate surface area is 139 Å². The van der Waals surface area contributed by atoms with Crippen LogP contribution in [0, 0.1) is 17.1 Å². The number of aromatic nitrogens is 2. The van der Waals surface area contributed by atoms with Crippen molar-refractivity contribution in [2.75, 3.05) is 18.4 Å². The van der Waals surface area contributed by atoms with Crippen molar-refractivity contribution in [2.45, 2.75) is 18.9 Å². The lowest BCUT2D eigenvalue weighted by Crippen LogP contribution is -2.42. The van der Waals surface area contributed by atoms with Crippen LogP contribution < -0.4 is 5.32 Å². The Kier molecular flexibility index (Phi) is 4.66. The second-order valence-corrected chi connectivity index (χ2v) is 5.59. The number of piperidine rings is 1. The van der Waals surface area contributed by atoms with Gasteiger partial charge in [-0.15, -0.1) is 0 Å². The maximum atomic E-state index is 13.7. The van der Waals surface area contributed by atoms with E-state index in [-0.39, 0.29) is 23.2 Å². The van der Waals surface area contributed by atoms with Crippen LogP contribution in [0.25, 0.3) is 0 Å². The quantitative estimate of drug-likeness (QED) is 0.935. The van der Waals surface area contributed by atoms with Gasteiger partial charge in [0.15, 0.2) is 5.69 Å². The molecule has 0 saturated carbocycles. The highest BCUT2D eigenvalue weighted by Gasteiger charge is 2.25. The van der Waals surface area contributed by atoms with Crippen molar-refractivity contribution in [3.05, 3.63) is 53.7 Å². The standard InChI is InChI=1S/C17H16FN5O/c18-15-4-2-1-3-14(15)17(24)23-7-5-12(6-8-23)22-16-11-20-13(9-19)10-21-16/h1-4,10-12H,5-8H2,(H,21,22). The molecule has 2 aromatic rings. The maximum absolute atomic E-state index is 13.7. The monoisotopic (exact) mass is 325 g/mol. The topological polar surface area (TPSA) is 81.9 Å². The van der Waals surface area contributed by atoms with E-state index in [0.29, 0.717) is 18.9 Å². The Bertz CT molecular complexity index is 763. The molecule has 1 saturated heterocycles. The number of carbonyl (C=O) groups excluding carboxylic acids is 1. The minimum absolute atomic E-state index is 0.113. The van der Waals surface area contributed by atoms with E-state index in [1.165, 1.54) is 24.5 Å². The number of carbonyl (C=O) groups is 1. The molecule has 1 fully saturated rings. The lowest BCUT2D eigenvalue weighted by atomic mass is 10.0. The van der Waals surface area contributed by atoms with Crippen molar-refractivity contribution >= 4 is 11.7 Å². The number of rotatable bonds is 3. The van der Waals surface area contributed by atoms with Gasteiger partial charge < -0.3 is 10.2 Å². The molecule has 1 N–H and O–H groups in total. The molecule has 7 heteroatoms. The Hall–Kier alpha value is -3.01. The van der Waals surface area contributed by atoms with Crippen LogP contribution in [0.15, 0.2) is 36.7 Å². The number of halogens is 1. The molecule has 1 amide bonds. The Balaban J connectivity index is 1.56. The minimum atomic E-state index is -0.490. The molecule has 1 aliphatic heterocycles. The summed E-state index contributed by atoms with van der Waals surface area (Å²) in [6, 6.07) is 8.12. The summed E-state index contributed by atoms with van der Waals surface area (Å²) in [5.41, 5.74) is 0.382. The molecular formula is C17H16FN5O. The number of anilines is 1. The summed E-state index contributed by atoms with van der Waals surface area (Å²) in [5.74, 6) is -0.159. The third-order valence-corrected chi connectivity index (χ3v) is 4.00. The summed E-state index contributed by atoms with van der Waals surface area (Å²) in [7, 11) is 0. The maximum Gasteiger partial charge on any atom is 0.256 e. The van der Waals surface area contributed by atoms with Gasteiger partial charge in [-0.2, -0.15) is 5.26 Å². The van der Waals surface area contributed by atoms with Crippen LogP contribution in [0.4, 0.5) is 10.2 Å². The predicted molar refractivity (Wildman–Crippen MR) is 85.7 cm³/mol. The molecule has 6 nitrogen and oxygen atoms in total. The summed E-state index contributed by atoms with van der Waals surface area (Å²) >= 11 is 0. The van der Waals surface area contributed by atoms with Crippen LogP contribution in [0.1, 0.15) is 28.9 Å². The van der Waals surface area contributed by atoms with Gasteiger partial charge in [0.05, 0.1) is 18.0 Å². The predicted octanol–water partition coefficient (Wildman–Crippen LogP) is 2.20. The van der Waals surface area contributed by atoms with Gasteiger partial charge in [0.2, 0.25) is 0 Å². The summed E-state index contributed by atoms with van der Waals surface area (Å²) in [6.07, 6.45) is 4.42. The van der Waals surface area contributed by atoms with E-state index in [2.05, 4.69) is 15.3 Å². The van der Waals surface area contributed by atoms with Crippen LogP contribution in [-0.2, 0) is 0 Å². The average molecular weight is 325 g/mol. The van der Waals surface area contributed by atoms with Gasteiger partial charge in [-0.05, 0) is 25.0 Å². The first-order valence-electron chi connectivity index (χ1n) is 7.70. The second kappa shape index (κ2) is 7.04. The van der Waals surface area contributed by atoms with Gasteiger partial charge in [-0.3, -0.25) is 4.79 Å². The zero-order chi connectivity index (χ0) is 16.9. The fourth-order valence-electron chi connectivity index (χ4n) is 2.70. The molecule has 1 aromatic heterocycles. The SMILES string of the molecule is N#Cc1cnc(NC2CCN(C(=O)c3ccccc3F)CC2)cn1. The van der Waals surface area contributed by atoms with Crippen LogP contribution >= 0.6 is 0 Å².